The summed E-state index contributed by atoms with van der Waals surface area (Å²) in [5, 5.41) is 4.60. The van der Waals surface area contributed by atoms with Crippen molar-refractivity contribution in [2.45, 2.75) is 44.4 Å². The van der Waals surface area contributed by atoms with E-state index in [1.165, 1.54) is 23.1 Å². The molecule has 0 spiro atoms. The molecule has 3 heterocycles. The number of carbonyl (C=O) groups is 1. The Morgan fingerprint density at radius 2 is 2.06 bits per heavy atom. The summed E-state index contributed by atoms with van der Waals surface area (Å²) >= 11 is 2.84. The largest absolute Gasteiger partial charge is 0.379 e. The van der Waals surface area contributed by atoms with E-state index in [1.807, 2.05) is 38.1 Å². The summed E-state index contributed by atoms with van der Waals surface area (Å²) in [7, 11) is 0. The van der Waals surface area contributed by atoms with Gasteiger partial charge in [0.25, 0.3) is 5.56 Å². The van der Waals surface area contributed by atoms with Crippen LogP contribution in [0.25, 0.3) is 20.3 Å². The predicted octanol–water partition coefficient (Wildman–Crippen LogP) is 3.34. The highest BCUT2D eigenvalue weighted by atomic mass is 32.2. The van der Waals surface area contributed by atoms with Crippen LogP contribution in [0.15, 0.2) is 34.2 Å². The van der Waals surface area contributed by atoms with E-state index >= 15 is 0 Å². The highest BCUT2D eigenvalue weighted by Gasteiger charge is 2.18. The minimum absolute atomic E-state index is 0.0111. The zero-order chi connectivity index (χ0) is 22.5. The normalized spacial score (nSPS) is 15.9. The first-order valence-electron chi connectivity index (χ1n) is 11.2. The van der Waals surface area contributed by atoms with E-state index in [9.17, 15) is 9.59 Å². The first-order chi connectivity index (χ1) is 15.6. The maximum absolute atomic E-state index is 13.5. The lowest BCUT2D eigenvalue weighted by molar-refractivity contribution is -0.119. The number of nitrogens with zero attached hydrogens (tertiary/aromatic N) is 3. The Bertz CT molecular complexity index is 1140. The molecule has 32 heavy (non-hydrogen) atoms. The molecule has 1 saturated heterocycles. The second kappa shape index (κ2) is 10.8. The van der Waals surface area contributed by atoms with Crippen LogP contribution in [0.5, 0.6) is 0 Å². The number of rotatable bonds is 9. The van der Waals surface area contributed by atoms with Crippen molar-refractivity contribution in [2.24, 2.45) is 0 Å². The molecule has 1 fully saturated rings. The van der Waals surface area contributed by atoms with Crippen LogP contribution in [0, 0.1) is 0 Å². The molecule has 1 aliphatic rings. The maximum Gasteiger partial charge on any atom is 0.272 e. The van der Waals surface area contributed by atoms with Gasteiger partial charge in [-0.3, -0.25) is 19.1 Å². The van der Waals surface area contributed by atoms with E-state index < -0.39 is 0 Å². The molecule has 0 saturated carbocycles. The summed E-state index contributed by atoms with van der Waals surface area (Å²) in [4.78, 5) is 33.1. The number of benzene rings is 1. The van der Waals surface area contributed by atoms with E-state index in [2.05, 4.69) is 10.2 Å². The lowest BCUT2D eigenvalue weighted by Gasteiger charge is -2.26. The Hall–Kier alpha value is -1.94. The quantitative estimate of drug-likeness (QED) is 0.379. The van der Waals surface area contributed by atoms with Gasteiger partial charge in [-0.25, -0.2) is 4.98 Å². The zero-order valence-electron chi connectivity index (χ0n) is 18.6. The fourth-order valence-electron chi connectivity index (χ4n) is 3.79. The van der Waals surface area contributed by atoms with E-state index in [4.69, 9.17) is 9.72 Å². The molecule has 1 N–H and O–H groups in total. The molecule has 4 rings (SSSR count). The van der Waals surface area contributed by atoms with Gasteiger partial charge >= 0.3 is 0 Å². The first-order valence-corrected chi connectivity index (χ1v) is 13.0. The monoisotopic (exact) mass is 474 g/mol. The van der Waals surface area contributed by atoms with Gasteiger partial charge < -0.3 is 10.1 Å². The van der Waals surface area contributed by atoms with Gasteiger partial charge in [0.05, 0.1) is 24.5 Å². The third kappa shape index (κ3) is 5.33. The molecule has 0 unspecified atom stereocenters. The van der Waals surface area contributed by atoms with Gasteiger partial charge in [0.1, 0.15) is 4.70 Å². The Morgan fingerprint density at radius 1 is 1.28 bits per heavy atom. The second-order valence-electron chi connectivity index (χ2n) is 8.10. The Balaban J connectivity index is 1.60. The van der Waals surface area contributed by atoms with E-state index in [-0.39, 0.29) is 23.3 Å². The van der Waals surface area contributed by atoms with Crippen molar-refractivity contribution in [3.8, 4) is 0 Å². The van der Waals surface area contributed by atoms with Gasteiger partial charge in [0, 0.05) is 42.3 Å². The standard InChI is InChI=1S/C23H30N4O3S2/c1-3-16(2)24-19(28)15-31-23-25-20-17-7-4-5-8-18(17)32-21(20)22(29)27(23)10-6-9-26-11-13-30-14-12-26/h4-5,7-8,16H,3,6,9-15H2,1-2H3,(H,24,28)/t16-/m1/s1. The second-order valence-corrected chi connectivity index (χ2v) is 10.1. The number of ether oxygens (including phenoxy) is 1. The molecule has 1 amide bonds. The molecule has 172 valence electrons. The van der Waals surface area contributed by atoms with Gasteiger partial charge in [-0.05, 0) is 25.8 Å². The topological polar surface area (TPSA) is 76.5 Å². The van der Waals surface area contributed by atoms with Crippen LogP contribution in [0.2, 0.25) is 0 Å². The third-order valence-electron chi connectivity index (χ3n) is 5.76. The van der Waals surface area contributed by atoms with Crippen molar-refractivity contribution in [3.05, 3.63) is 34.6 Å². The van der Waals surface area contributed by atoms with Crippen molar-refractivity contribution < 1.29 is 9.53 Å². The summed E-state index contributed by atoms with van der Waals surface area (Å²) in [6, 6.07) is 8.11. The van der Waals surface area contributed by atoms with Crippen LogP contribution in [0.1, 0.15) is 26.7 Å². The Kier molecular flexibility index (Phi) is 7.83. The molecule has 3 aromatic rings. The summed E-state index contributed by atoms with van der Waals surface area (Å²) in [5.41, 5.74) is 0.730. The number of thiophene rings is 1. The van der Waals surface area contributed by atoms with E-state index in [0.29, 0.717) is 16.4 Å². The molecule has 1 aliphatic heterocycles. The molecule has 7 nitrogen and oxygen atoms in total. The average molecular weight is 475 g/mol. The van der Waals surface area contributed by atoms with Gasteiger partial charge in [0.15, 0.2) is 5.16 Å². The molecule has 0 aliphatic carbocycles. The van der Waals surface area contributed by atoms with Crippen LogP contribution < -0.4 is 10.9 Å². The van der Waals surface area contributed by atoms with E-state index in [0.717, 1.165) is 61.3 Å². The smallest absolute Gasteiger partial charge is 0.272 e. The molecule has 2 aromatic heterocycles. The van der Waals surface area contributed by atoms with Crippen LogP contribution in [0.4, 0.5) is 0 Å². The van der Waals surface area contributed by atoms with Crippen LogP contribution >= 0.6 is 23.1 Å². The maximum atomic E-state index is 13.5. The van der Waals surface area contributed by atoms with Gasteiger partial charge in [-0.1, -0.05) is 36.9 Å². The van der Waals surface area contributed by atoms with Gasteiger partial charge in [-0.15, -0.1) is 11.3 Å². The zero-order valence-corrected chi connectivity index (χ0v) is 20.3. The summed E-state index contributed by atoms with van der Waals surface area (Å²) in [5.74, 6) is 0.210. The minimum atomic E-state index is -0.0336. The fraction of sp³-hybridized carbons (Fsp3) is 0.522. The molecular formula is C23H30N4O3S2. The van der Waals surface area contributed by atoms with Crippen molar-refractivity contribution in [2.75, 3.05) is 38.6 Å². The molecule has 9 heteroatoms. The molecular weight excluding hydrogens is 444 g/mol. The van der Waals surface area contributed by atoms with Crippen molar-refractivity contribution in [1.82, 2.24) is 19.8 Å². The van der Waals surface area contributed by atoms with Gasteiger partial charge in [0.2, 0.25) is 5.91 Å². The highest BCUT2D eigenvalue weighted by Crippen LogP contribution is 2.31. The number of fused-ring (bicyclic) bond motifs is 3. The number of amides is 1. The van der Waals surface area contributed by atoms with E-state index in [1.54, 1.807) is 4.57 Å². The molecule has 0 bridgehead atoms. The lowest BCUT2D eigenvalue weighted by atomic mass is 10.2. The minimum Gasteiger partial charge on any atom is -0.379 e. The average Bonchev–Trinajstić information content (AvgIpc) is 3.19. The van der Waals surface area contributed by atoms with Crippen LogP contribution in [-0.2, 0) is 16.1 Å². The number of aromatic nitrogens is 2. The highest BCUT2D eigenvalue weighted by molar-refractivity contribution is 7.99. The number of nitrogens with one attached hydrogen (secondary N) is 1. The number of morpholine rings is 1. The predicted molar refractivity (Wildman–Crippen MR) is 132 cm³/mol. The number of hydrogen-bond acceptors (Lipinski definition) is 7. The SMILES string of the molecule is CC[C@@H](C)NC(=O)CSc1nc2c(sc3ccccc32)c(=O)n1CCCN1CCOCC1. The summed E-state index contributed by atoms with van der Waals surface area (Å²) in [6.07, 6.45) is 1.73. The van der Waals surface area contributed by atoms with Crippen molar-refractivity contribution in [1.29, 1.82) is 0 Å². The first kappa shape index (κ1) is 23.2. The Labute approximate surface area is 196 Å². The fourth-order valence-corrected chi connectivity index (χ4v) is 5.71. The molecule has 0 radical (unpaired) electrons. The summed E-state index contributed by atoms with van der Waals surface area (Å²) in [6.45, 7) is 8.93. The van der Waals surface area contributed by atoms with Crippen molar-refractivity contribution >= 4 is 49.3 Å². The summed E-state index contributed by atoms with van der Waals surface area (Å²) < 4.78 is 8.93. The number of thioether (sulfide) groups is 1. The lowest BCUT2D eigenvalue weighted by Crippen LogP contribution is -2.37. The number of carbonyl (C=O) groups excluding carboxylic acids is 1. The molecule has 1 aromatic carbocycles. The van der Waals surface area contributed by atoms with Gasteiger partial charge in [-0.2, -0.15) is 0 Å². The number of hydrogen-bond donors (Lipinski definition) is 1. The van der Waals surface area contributed by atoms with Crippen molar-refractivity contribution in [3.63, 3.8) is 0 Å². The Morgan fingerprint density at radius 3 is 2.84 bits per heavy atom. The van der Waals surface area contributed by atoms with Crippen LogP contribution in [-0.4, -0.2) is 65.0 Å². The molecule has 1 atom stereocenters. The third-order valence-corrected chi connectivity index (χ3v) is 7.88. The van der Waals surface area contributed by atoms with Crippen LogP contribution in [0.3, 0.4) is 0 Å².